The molecule has 1 aliphatic heterocycles. The van der Waals surface area contributed by atoms with Gasteiger partial charge in [0.15, 0.2) is 0 Å². The zero-order valence-electron chi connectivity index (χ0n) is 12.2. The summed E-state index contributed by atoms with van der Waals surface area (Å²) in [4.78, 5) is 14.7. The molecule has 0 amide bonds. The largest absolute Gasteiger partial charge is 0.497 e. The molecule has 1 fully saturated rings. The third-order valence-electron chi connectivity index (χ3n) is 3.73. The summed E-state index contributed by atoms with van der Waals surface area (Å²) in [5.41, 5.74) is 0.835. The molecule has 21 heavy (non-hydrogen) atoms. The van der Waals surface area contributed by atoms with Gasteiger partial charge in [-0.3, -0.25) is 14.6 Å². The summed E-state index contributed by atoms with van der Waals surface area (Å²) in [6.45, 7) is 3.62. The van der Waals surface area contributed by atoms with E-state index < -0.39 is 12.1 Å². The number of hydrogen-bond donors (Lipinski definition) is 2. The molecule has 1 aromatic carbocycles. The number of ether oxygens (including phenoxy) is 1. The van der Waals surface area contributed by atoms with Gasteiger partial charge in [-0.25, -0.2) is 0 Å². The minimum atomic E-state index is -0.792. The van der Waals surface area contributed by atoms with Crippen LogP contribution in [0.5, 0.6) is 5.75 Å². The van der Waals surface area contributed by atoms with Crippen molar-refractivity contribution in [1.82, 2.24) is 9.80 Å². The minimum Gasteiger partial charge on any atom is -0.497 e. The zero-order valence-corrected chi connectivity index (χ0v) is 12.2. The molecular weight excluding hydrogens is 272 g/mol. The van der Waals surface area contributed by atoms with Crippen LogP contribution >= 0.6 is 0 Å². The topological polar surface area (TPSA) is 73.2 Å². The number of aliphatic hydroxyl groups excluding tert-OH is 1. The molecule has 1 unspecified atom stereocenters. The smallest absolute Gasteiger partial charge is 0.317 e. The molecule has 1 atom stereocenters. The van der Waals surface area contributed by atoms with E-state index >= 15 is 0 Å². The van der Waals surface area contributed by atoms with Crippen LogP contribution in [0.3, 0.4) is 0 Å². The van der Waals surface area contributed by atoms with Crippen LogP contribution in [-0.4, -0.2) is 72.4 Å². The SMILES string of the molecule is COc1cccc(C(O)CN2CCN(CC(=O)O)CC2)c1. The molecule has 2 rings (SSSR count). The third-order valence-corrected chi connectivity index (χ3v) is 3.73. The van der Waals surface area contributed by atoms with Crippen LogP contribution in [0.2, 0.25) is 0 Å². The number of nitrogens with zero attached hydrogens (tertiary/aromatic N) is 2. The lowest BCUT2D eigenvalue weighted by molar-refractivity contribution is -0.138. The van der Waals surface area contributed by atoms with Crippen LogP contribution < -0.4 is 4.74 Å². The Hall–Kier alpha value is -1.63. The summed E-state index contributed by atoms with van der Waals surface area (Å²) < 4.78 is 5.16. The molecule has 6 heteroatoms. The molecule has 0 aromatic heterocycles. The first-order valence-corrected chi connectivity index (χ1v) is 7.07. The summed E-state index contributed by atoms with van der Waals surface area (Å²) in [6, 6.07) is 7.43. The second-order valence-corrected chi connectivity index (χ2v) is 5.26. The number of hydrogen-bond acceptors (Lipinski definition) is 5. The Bertz CT molecular complexity index is 472. The molecule has 0 saturated carbocycles. The van der Waals surface area contributed by atoms with E-state index in [0.717, 1.165) is 37.5 Å². The summed E-state index contributed by atoms with van der Waals surface area (Å²) >= 11 is 0. The van der Waals surface area contributed by atoms with Crippen LogP contribution in [0.4, 0.5) is 0 Å². The lowest BCUT2D eigenvalue weighted by Gasteiger charge is -2.34. The molecule has 1 aromatic rings. The molecule has 1 aliphatic rings. The molecule has 1 heterocycles. The molecule has 6 nitrogen and oxygen atoms in total. The van der Waals surface area contributed by atoms with Gasteiger partial charge >= 0.3 is 5.97 Å². The highest BCUT2D eigenvalue weighted by molar-refractivity contribution is 5.69. The third kappa shape index (κ3) is 4.70. The van der Waals surface area contributed by atoms with E-state index in [9.17, 15) is 9.90 Å². The number of benzene rings is 1. The van der Waals surface area contributed by atoms with Crippen molar-refractivity contribution in [3.8, 4) is 5.75 Å². The molecule has 0 radical (unpaired) electrons. The number of methoxy groups -OCH3 is 1. The molecule has 0 aliphatic carbocycles. The highest BCUT2D eigenvalue weighted by Crippen LogP contribution is 2.20. The average Bonchev–Trinajstić information content (AvgIpc) is 2.49. The molecule has 0 bridgehead atoms. The van der Waals surface area contributed by atoms with Gasteiger partial charge in [-0.05, 0) is 17.7 Å². The van der Waals surface area contributed by atoms with E-state index in [0.29, 0.717) is 6.54 Å². The first kappa shape index (κ1) is 15.8. The Balaban J connectivity index is 1.83. The molecule has 2 N–H and O–H groups in total. The average molecular weight is 294 g/mol. The fraction of sp³-hybridized carbons (Fsp3) is 0.533. The van der Waals surface area contributed by atoms with Crippen molar-refractivity contribution in [3.63, 3.8) is 0 Å². The summed E-state index contributed by atoms with van der Waals surface area (Å²) in [7, 11) is 1.60. The normalized spacial score (nSPS) is 18.4. The number of aliphatic hydroxyl groups is 1. The maximum atomic E-state index is 10.7. The fourth-order valence-electron chi connectivity index (χ4n) is 2.52. The maximum absolute atomic E-state index is 10.7. The van der Waals surface area contributed by atoms with E-state index in [-0.39, 0.29) is 6.54 Å². The molecular formula is C15H22N2O4. The Morgan fingerprint density at radius 1 is 1.29 bits per heavy atom. The van der Waals surface area contributed by atoms with Crippen molar-refractivity contribution in [2.24, 2.45) is 0 Å². The number of β-amino-alcohol motifs (C(OH)–C–C–N with tert-alkyl or cyclic N) is 1. The first-order valence-electron chi connectivity index (χ1n) is 7.07. The molecule has 116 valence electrons. The Morgan fingerprint density at radius 3 is 2.57 bits per heavy atom. The van der Waals surface area contributed by atoms with Crippen molar-refractivity contribution >= 4 is 5.97 Å². The minimum absolute atomic E-state index is 0.0896. The first-order chi connectivity index (χ1) is 10.1. The predicted molar refractivity (Wildman–Crippen MR) is 78.5 cm³/mol. The second kappa shape index (κ2) is 7.40. The van der Waals surface area contributed by atoms with Crippen molar-refractivity contribution < 1.29 is 19.7 Å². The fourth-order valence-corrected chi connectivity index (χ4v) is 2.52. The number of piperazine rings is 1. The summed E-state index contributed by atoms with van der Waals surface area (Å²) in [6.07, 6.45) is -0.564. The van der Waals surface area contributed by atoms with E-state index in [1.165, 1.54) is 0 Å². The predicted octanol–water partition coefficient (Wildman–Crippen LogP) is 0.431. The van der Waals surface area contributed by atoms with Gasteiger partial charge in [0.25, 0.3) is 0 Å². The van der Waals surface area contributed by atoms with E-state index in [1.54, 1.807) is 7.11 Å². The van der Waals surface area contributed by atoms with Crippen molar-refractivity contribution in [2.75, 3.05) is 46.4 Å². The van der Waals surface area contributed by atoms with E-state index in [4.69, 9.17) is 9.84 Å². The van der Waals surface area contributed by atoms with Crippen LogP contribution in [-0.2, 0) is 4.79 Å². The number of carboxylic acids is 1. The maximum Gasteiger partial charge on any atom is 0.317 e. The van der Waals surface area contributed by atoms with E-state index in [2.05, 4.69) is 4.90 Å². The van der Waals surface area contributed by atoms with Crippen molar-refractivity contribution in [1.29, 1.82) is 0 Å². The van der Waals surface area contributed by atoms with Gasteiger partial charge in [-0.15, -0.1) is 0 Å². The summed E-state index contributed by atoms with van der Waals surface area (Å²) in [5, 5.41) is 19.1. The van der Waals surface area contributed by atoms with Gasteiger partial charge in [-0.1, -0.05) is 12.1 Å². The van der Waals surface area contributed by atoms with Crippen LogP contribution in [0.15, 0.2) is 24.3 Å². The van der Waals surface area contributed by atoms with Gasteiger partial charge in [0, 0.05) is 32.7 Å². The van der Waals surface area contributed by atoms with Gasteiger partial charge in [0.05, 0.1) is 19.8 Å². The standard InChI is InChI=1S/C15H22N2O4/c1-21-13-4-2-3-12(9-13)14(18)10-16-5-7-17(8-6-16)11-15(19)20/h2-4,9,14,18H,5-8,10-11H2,1H3,(H,19,20). The monoisotopic (exact) mass is 294 g/mol. The number of rotatable bonds is 6. The molecule has 1 saturated heterocycles. The number of aliphatic carboxylic acids is 1. The Kier molecular flexibility index (Phi) is 5.55. The van der Waals surface area contributed by atoms with Gasteiger partial charge < -0.3 is 14.9 Å². The van der Waals surface area contributed by atoms with Crippen molar-refractivity contribution in [2.45, 2.75) is 6.10 Å². The lowest BCUT2D eigenvalue weighted by Crippen LogP contribution is -2.48. The van der Waals surface area contributed by atoms with Crippen molar-refractivity contribution in [3.05, 3.63) is 29.8 Å². The quantitative estimate of drug-likeness (QED) is 0.793. The number of carbonyl (C=O) groups is 1. The lowest BCUT2D eigenvalue weighted by atomic mass is 10.1. The van der Waals surface area contributed by atoms with Gasteiger partial charge in [-0.2, -0.15) is 0 Å². The van der Waals surface area contributed by atoms with Crippen LogP contribution in [0, 0.1) is 0 Å². The molecule has 0 spiro atoms. The van der Waals surface area contributed by atoms with E-state index in [1.807, 2.05) is 29.2 Å². The van der Waals surface area contributed by atoms with Crippen LogP contribution in [0.25, 0.3) is 0 Å². The zero-order chi connectivity index (χ0) is 15.2. The number of carboxylic acid groups (broad SMARTS) is 1. The van der Waals surface area contributed by atoms with Gasteiger partial charge in [0.2, 0.25) is 0 Å². The summed E-state index contributed by atoms with van der Waals surface area (Å²) in [5.74, 6) is -0.0577. The highest BCUT2D eigenvalue weighted by atomic mass is 16.5. The highest BCUT2D eigenvalue weighted by Gasteiger charge is 2.21. The van der Waals surface area contributed by atoms with Gasteiger partial charge in [0.1, 0.15) is 5.75 Å². The van der Waals surface area contributed by atoms with Crippen LogP contribution in [0.1, 0.15) is 11.7 Å². The second-order valence-electron chi connectivity index (χ2n) is 5.26. The Morgan fingerprint density at radius 2 is 1.95 bits per heavy atom. The Labute approximate surface area is 124 Å².